The third-order valence-electron chi connectivity index (χ3n) is 1.32. The topological polar surface area (TPSA) is 92.7 Å². The van der Waals surface area contributed by atoms with Gasteiger partial charge >= 0.3 is 12.1 Å². The maximum atomic E-state index is 10.9. The van der Waals surface area contributed by atoms with Crippen LogP contribution in [0.2, 0.25) is 0 Å². The fourth-order valence-corrected chi connectivity index (χ4v) is 0.688. The Bertz CT molecular complexity index is 226. The van der Waals surface area contributed by atoms with E-state index in [1.54, 1.807) is 6.92 Å². The maximum absolute atomic E-state index is 10.9. The van der Waals surface area contributed by atoms with Gasteiger partial charge in [-0.25, -0.2) is 4.79 Å². The van der Waals surface area contributed by atoms with E-state index in [9.17, 15) is 14.4 Å². The first-order valence-electron chi connectivity index (χ1n) is 4.20. The monoisotopic (exact) mass is 203 g/mol. The largest absolute Gasteiger partial charge is 0.481 e. The SMILES string of the molecule is CCOC(=O)NCC(=O)CCC(=O)O. The lowest BCUT2D eigenvalue weighted by molar-refractivity contribution is -0.138. The molecule has 0 aromatic carbocycles. The number of Topliss-reactive ketones (excluding diaryl/α,β-unsaturated/α-hetero) is 1. The van der Waals surface area contributed by atoms with Crippen LogP contribution in [0.5, 0.6) is 0 Å². The molecule has 0 bridgehead atoms. The highest BCUT2D eigenvalue weighted by atomic mass is 16.5. The molecule has 0 fully saturated rings. The third kappa shape index (κ3) is 7.08. The highest BCUT2D eigenvalue weighted by Gasteiger charge is 2.07. The van der Waals surface area contributed by atoms with Gasteiger partial charge < -0.3 is 15.2 Å². The molecular weight excluding hydrogens is 190 g/mol. The van der Waals surface area contributed by atoms with Gasteiger partial charge in [0.05, 0.1) is 19.6 Å². The molecule has 0 aliphatic carbocycles. The summed E-state index contributed by atoms with van der Waals surface area (Å²) in [6, 6.07) is 0. The van der Waals surface area contributed by atoms with Gasteiger partial charge in [-0.2, -0.15) is 0 Å². The van der Waals surface area contributed by atoms with Crippen molar-refractivity contribution >= 4 is 17.8 Å². The van der Waals surface area contributed by atoms with Gasteiger partial charge in [-0.3, -0.25) is 9.59 Å². The highest BCUT2D eigenvalue weighted by Crippen LogP contribution is 1.90. The summed E-state index contributed by atoms with van der Waals surface area (Å²) in [7, 11) is 0. The molecule has 0 aromatic rings. The first-order valence-corrected chi connectivity index (χ1v) is 4.20. The second-order valence-electron chi connectivity index (χ2n) is 2.51. The van der Waals surface area contributed by atoms with Crippen LogP contribution in [0.3, 0.4) is 0 Å². The van der Waals surface area contributed by atoms with Crippen molar-refractivity contribution in [3.63, 3.8) is 0 Å². The van der Waals surface area contributed by atoms with Gasteiger partial charge in [0.25, 0.3) is 0 Å². The minimum Gasteiger partial charge on any atom is -0.481 e. The van der Waals surface area contributed by atoms with Gasteiger partial charge in [-0.1, -0.05) is 0 Å². The molecule has 0 rings (SSSR count). The molecule has 80 valence electrons. The van der Waals surface area contributed by atoms with Crippen LogP contribution in [-0.4, -0.2) is 36.1 Å². The Kier molecular flexibility index (Phi) is 6.09. The van der Waals surface area contributed by atoms with Crippen LogP contribution in [0, 0.1) is 0 Å². The molecule has 0 saturated heterocycles. The summed E-state index contributed by atoms with van der Waals surface area (Å²) in [5, 5.41) is 10.5. The van der Waals surface area contributed by atoms with Crippen molar-refractivity contribution in [2.75, 3.05) is 13.2 Å². The zero-order chi connectivity index (χ0) is 11.0. The zero-order valence-corrected chi connectivity index (χ0v) is 7.91. The van der Waals surface area contributed by atoms with E-state index in [0.29, 0.717) is 0 Å². The smallest absolute Gasteiger partial charge is 0.407 e. The van der Waals surface area contributed by atoms with Crippen molar-refractivity contribution < 1.29 is 24.2 Å². The molecule has 0 aliphatic heterocycles. The van der Waals surface area contributed by atoms with Crippen molar-refractivity contribution in [3.05, 3.63) is 0 Å². The van der Waals surface area contributed by atoms with Gasteiger partial charge in [-0.05, 0) is 6.92 Å². The number of amides is 1. The Morgan fingerprint density at radius 2 is 1.93 bits per heavy atom. The summed E-state index contributed by atoms with van der Waals surface area (Å²) in [6.45, 7) is 1.69. The lowest BCUT2D eigenvalue weighted by Crippen LogP contribution is -2.30. The number of carbonyl (C=O) groups is 3. The molecule has 0 heterocycles. The van der Waals surface area contributed by atoms with Crippen molar-refractivity contribution in [3.8, 4) is 0 Å². The molecule has 0 atom stereocenters. The van der Waals surface area contributed by atoms with Crippen molar-refractivity contribution in [1.29, 1.82) is 0 Å². The van der Waals surface area contributed by atoms with Crippen LogP contribution in [-0.2, 0) is 14.3 Å². The number of hydrogen-bond donors (Lipinski definition) is 2. The number of hydrogen-bond acceptors (Lipinski definition) is 4. The lowest BCUT2D eigenvalue weighted by Gasteiger charge is -2.03. The van der Waals surface area contributed by atoms with Crippen LogP contribution >= 0.6 is 0 Å². The maximum Gasteiger partial charge on any atom is 0.407 e. The van der Waals surface area contributed by atoms with Crippen LogP contribution in [0.15, 0.2) is 0 Å². The second kappa shape index (κ2) is 6.88. The molecule has 0 radical (unpaired) electrons. The number of alkyl carbamates (subject to hydrolysis) is 1. The summed E-state index contributed by atoms with van der Waals surface area (Å²) >= 11 is 0. The first kappa shape index (κ1) is 12.4. The predicted molar refractivity (Wildman–Crippen MR) is 46.9 cm³/mol. The second-order valence-corrected chi connectivity index (χ2v) is 2.51. The van der Waals surface area contributed by atoms with Crippen molar-refractivity contribution in [2.45, 2.75) is 19.8 Å². The standard InChI is InChI=1S/C8H13NO5/c1-2-14-8(13)9-5-6(10)3-4-7(11)12/h2-5H2,1H3,(H,9,13)(H,11,12). The van der Waals surface area contributed by atoms with Gasteiger partial charge in [0.15, 0.2) is 5.78 Å². The molecular formula is C8H13NO5. The van der Waals surface area contributed by atoms with Crippen LogP contribution < -0.4 is 5.32 Å². The number of ketones is 1. The number of rotatable bonds is 6. The van der Waals surface area contributed by atoms with E-state index in [-0.39, 0.29) is 31.8 Å². The van der Waals surface area contributed by atoms with E-state index in [1.807, 2.05) is 0 Å². The molecule has 6 heteroatoms. The van der Waals surface area contributed by atoms with Crippen molar-refractivity contribution in [2.24, 2.45) is 0 Å². The molecule has 14 heavy (non-hydrogen) atoms. The normalized spacial score (nSPS) is 9.21. The van der Waals surface area contributed by atoms with E-state index in [0.717, 1.165) is 0 Å². The Hall–Kier alpha value is -1.59. The minimum atomic E-state index is -1.03. The third-order valence-corrected chi connectivity index (χ3v) is 1.32. The number of carboxylic acid groups (broad SMARTS) is 1. The number of carboxylic acids is 1. The first-order chi connectivity index (χ1) is 6.56. The van der Waals surface area contributed by atoms with Gasteiger partial charge in [0.1, 0.15) is 0 Å². The van der Waals surface area contributed by atoms with E-state index in [2.05, 4.69) is 10.1 Å². The fraction of sp³-hybridized carbons (Fsp3) is 0.625. The molecule has 1 amide bonds. The van der Waals surface area contributed by atoms with E-state index in [1.165, 1.54) is 0 Å². The highest BCUT2D eigenvalue weighted by molar-refractivity contribution is 5.86. The summed E-state index contributed by atoms with van der Waals surface area (Å²) < 4.78 is 4.50. The van der Waals surface area contributed by atoms with E-state index in [4.69, 9.17) is 5.11 Å². The summed E-state index contributed by atoms with van der Waals surface area (Å²) in [4.78, 5) is 31.7. The number of nitrogens with one attached hydrogen (secondary N) is 1. The minimum absolute atomic E-state index is 0.0816. The Morgan fingerprint density at radius 1 is 1.29 bits per heavy atom. The fourth-order valence-electron chi connectivity index (χ4n) is 0.688. The molecule has 0 aromatic heterocycles. The summed E-state index contributed by atoms with van der Waals surface area (Å²) in [5.41, 5.74) is 0. The Labute approximate surface area is 81.2 Å². The molecule has 0 spiro atoms. The molecule has 0 saturated carbocycles. The van der Waals surface area contributed by atoms with Crippen molar-refractivity contribution in [1.82, 2.24) is 5.32 Å². The van der Waals surface area contributed by atoms with Gasteiger partial charge in [-0.15, -0.1) is 0 Å². The quantitative estimate of drug-likeness (QED) is 0.641. The zero-order valence-electron chi connectivity index (χ0n) is 7.91. The van der Waals surface area contributed by atoms with Crippen LogP contribution in [0.25, 0.3) is 0 Å². The number of ether oxygens (including phenoxy) is 1. The molecule has 0 aliphatic rings. The predicted octanol–water partition coefficient (Wildman–Crippen LogP) is 0.166. The molecule has 0 unspecified atom stereocenters. The Balaban J connectivity index is 3.53. The van der Waals surface area contributed by atoms with E-state index < -0.39 is 12.1 Å². The average Bonchev–Trinajstić information content (AvgIpc) is 2.12. The molecule has 6 nitrogen and oxygen atoms in total. The number of carbonyl (C=O) groups excluding carboxylic acids is 2. The number of aliphatic carboxylic acids is 1. The van der Waals surface area contributed by atoms with Crippen LogP contribution in [0.4, 0.5) is 4.79 Å². The van der Waals surface area contributed by atoms with E-state index >= 15 is 0 Å². The van der Waals surface area contributed by atoms with Gasteiger partial charge in [0.2, 0.25) is 0 Å². The Morgan fingerprint density at radius 3 is 2.43 bits per heavy atom. The summed E-state index contributed by atoms with van der Waals surface area (Å²) in [6.07, 6.45) is -0.971. The van der Waals surface area contributed by atoms with Crippen LogP contribution in [0.1, 0.15) is 19.8 Å². The average molecular weight is 203 g/mol. The lowest BCUT2D eigenvalue weighted by atomic mass is 10.2. The van der Waals surface area contributed by atoms with Gasteiger partial charge in [0, 0.05) is 6.42 Å². The summed E-state index contributed by atoms with van der Waals surface area (Å²) in [5.74, 6) is -1.37. The molecule has 2 N–H and O–H groups in total.